The van der Waals surface area contributed by atoms with Crippen molar-refractivity contribution < 1.29 is 4.79 Å². The molecule has 1 aliphatic rings. The molecule has 1 unspecified atom stereocenters. The number of amides is 1. The van der Waals surface area contributed by atoms with Gasteiger partial charge in [0.15, 0.2) is 0 Å². The Labute approximate surface area is 147 Å². The van der Waals surface area contributed by atoms with E-state index in [1.807, 2.05) is 41.3 Å². The normalized spacial score (nSPS) is 17.6. The first kappa shape index (κ1) is 16.8. The van der Waals surface area contributed by atoms with Gasteiger partial charge in [-0.15, -0.1) is 0 Å². The largest absolute Gasteiger partial charge is 0.355 e. The van der Waals surface area contributed by atoms with Crippen LogP contribution < -0.4 is 5.32 Å². The molecule has 1 atom stereocenters. The van der Waals surface area contributed by atoms with Crippen LogP contribution in [0.25, 0.3) is 0 Å². The molecule has 2 heterocycles. The Balaban J connectivity index is 1.76. The van der Waals surface area contributed by atoms with Crippen LogP contribution in [-0.2, 0) is 0 Å². The number of nitrogens with zero attached hydrogens (tertiary/aromatic N) is 2. The van der Waals surface area contributed by atoms with Crippen molar-refractivity contribution >= 4 is 28.9 Å². The molecule has 126 valence electrons. The zero-order valence-corrected chi connectivity index (χ0v) is 14.6. The molecular weight excluding hydrogens is 322 g/mol. The summed E-state index contributed by atoms with van der Waals surface area (Å²) >= 11 is 5.91. The molecule has 5 heteroatoms. The highest BCUT2D eigenvalue weighted by Gasteiger charge is 2.26. The van der Waals surface area contributed by atoms with E-state index in [9.17, 15) is 4.79 Å². The number of carbonyl (C=O) groups excluding carboxylic acids is 1. The second kappa shape index (κ2) is 7.67. The molecule has 1 saturated heterocycles. The number of rotatable bonds is 4. The molecule has 24 heavy (non-hydrogen) atoms. The fraction of sp³-hybridized carbons (Fsp3) is 0.368. The number of pyridine rings is 1. The number of nitrogens with one attached hydrogen (secondary N) is 1. The Morgan fingerprint density at radius 2 is 2.04 bits per heavy atom. The van der Waals surface area contributed by atoms with Gasteiger partial charge < -0.3 is 10.2 Å². The number of likely N-dealkylation sites (tertiary alicyclic amines) is 1. The van der Waals surface area contributed by atoms with E-state index < -0.39 is 0 Å². The summed E-state index contributed by atoms with van der Waals surface area (Å²) < 4.78 is 0. The van der Waals surface area contributed by atoms with Gasteiger partial charge in [-0.3, -0.25) is 9.78 Å². The van der Waals surface area contributed by atoms with Gasteiger partial charge in [-0.2, -0.15) is 0 Å². The van der Waals surface area contributed by atoms with Crippen molar-refractivity contribution in [3.63, 3.8) is 0 Å². The minimum absolute atomic E-state index is 0.0290. The van der Waals surface area contributed by atoms with E-state index >= 15 is 0 Å². The molecule has 4 nitrogen and oxygen atoms in total. The molecule has 1 aliphatic heterocycles. The van der Waals surface area contributed by atoms with Crippen molar-refractivity contribution in [3.05, 3.63) is 53.3 Å². The minimum atomic E-state index is 0.0290. The summed E-state index contributed by atoms with van der Waals surface area (Å²) in [7, 11) is 0. The summed E-state index contributed by atoms with van der Waals surface area (Å²) in [4.78, 5) is 19.1. The van der Waals surface area contributed by atoms with Crippen molar-refractivity contribution in [1.82, 2.24) is 9.88 Å². The molecule has 0 spiro atoms. The van der Waals surface area contributed by atoms with E-state index in [0.29, 0.717) is 16.8 Å². The third-order valence-electron chi connectivity index (χ3n) is 4.47. The molecule has 1 amide bonds. The maximum atomic E-state index is 12.8. The third kappa shape index (κ3) is 3.88. The van der Waals surface area contributed by atoms with E-state index in [4.69, 9.17) is 11.6 Å². The Bertz CT molecular complexity index is 702. The quantitative estimate of drug-likeness (QED) is 0.860. The Morgan fingerprint density at radius 3 is 2.79 bits per heavy atom. The number of halogens is 1. The van der Waals surface area contributed by atoms with Crippen LogP contribution in [-0.4, -0.2) is 28.4 Å². The number of anilines is 2. The molecule has 0 aliphatic carbocycles. The number of benzene rings is 1. The maximum absolute atomic E-state index is 12.8. The predicted octanol–water partition coefficient (Wildman–Crippen LogP) is 4.88. The van der Waals surface area contributed by atoms with E-state index in [1.165, 1.54) is 6.42 Å². The standard InChI is InChI=1S/C19H22ClN3O/c1-2-17-5-3-4-12-23(17)19(24)18-13-16(10-11-21-18)22-15-8-6-14(20)7-9-15/h6-11,13,17H,2-5,12H2,1H3,(H,21,22). The fourth-order valence-electron chi connectivity index (χ4n) is 3.16. The zero-order chi connectivity index (χ0) is 16.9. The Kier molecular flexibility index (Phi) is 5.36. The van der Waals surface area contributed by atoms with Gasteiger partial charge in [0.25, 0.3) is 5.91 Å². The van der Waals surface area contributed by atoms with E-state index in [-0.39, 0.29) is 5.91 Å². The molecule has 0 saturated carbocycles. The van der Waals surface area contributed by atoms with Gasteiger partial charge in [0, 0.05) is 35.2 Å². The van der Waals surface area contributed by atoms with Gasteiger partial charge in [-0.1, -0.05) is 18.5 Å². The van der Waals surface area contributed by atoms with Crippen LogP contribution in [0.15, 0.2) is 42.6 Å². The van der Waals surface area contributed by atoms with E-state index in [0.717, 1.165) is 37.2 Å². The monoisotopic (exact) mass is 343 g/mol. The average molecular weight is 344 g/mol. The fourth-order valence-corrected chi connectivity index (χ4v) is 3.29. The first-order valence-electron chi connectivity index (χ1n) is 8.47. The number of piperidine rings is 1. The number of aromatic nitrogens is 1. The SMILES string of the molecule is CCC1CCCCN1C(=O)c1cc(Nc2ccc(Cl)cc2)ccn1. The summed E-state index contributed by atoms with van der Waals surface area (Å²) in [5.41, 5.74) is 2.27. The van der Waals surface area contributed by atoms with Gasteiger partial charge in [0.05, 0.1) is 0 Å². The van der Waals surface area contributed by atoms with Crippen LogP contribution in [0.5, 0.6) is 0 Å². The van der Waals surface area contributed by atoms with E-state index in [1.54, 1.807) is 6.20 Å². The molecule has 1 aromatic heterocycles. The van der Waals surface area contributed by atoms with Crippen molar-refractivity contribution in [1.29, 1.82) is 0 Å². The third-order valence-corrected chi connectivity index (χ3v) is 4.72. The first-order chi connectivity index (χ1) is 11.7. The average Bonchev–Trinajstić information content (AvgIpc) is 2.63. The van der Waals surface area contributed by atoms with E-state index in [2.05, 4.69) is 17.2 Å². The maximum Gasteiger partial charge on any atom is 0.272 e. The zero-order valence-electron chi connectivity index (χ0n) is 13.8. The highest BCUT2D eigenvalue weighted by Crippen LogP contribution is 2.23. The van der Waals surface area contributed by atoms with Gasteiger partial charge in [0.2, 0.25) is 0 Å². The van der Waals surface area contributed by atoms with Crippen molar-refractivity contribution in [2.45, 2.75) is 38.6 Å². The molecule has 1 N–H and O–H groups in total. The lowest BCUT2D eigenvalue weighted by atomic mass is 9.99. The van der Waals surface area contributed by atoms with Crippen LogP contribution in [0.4, 0.5) is 11.4 Å². The van der Waals surface area contributed by atoms with Gasteiger partial charge >= 0.3 is 0 Å². The van der Waals surface area contributed by atoms with Crippen molar-refractivity contribution in [2.75, 3.05) is 11.9 Å². The topological polar surface area (TPSA) is 45.2 Å². The van der Waals surface area contributed by atoms with Gasteiger partial charge in [0.1, 0.15) is 5.69 Å². The van der Waals surface area contributed by atoms with Crippen LogP contribution in [0.1, 0.15) is 43.1 Å². The van der Waals surface area contributed by atoms with Crippen LogP contribution in [0, 0.1) is 0 Å². The first-order valence-corrected chi connectivity index (χ1v) is 8.85. The predicted molar refractivity (Wildman–Crippen MR) is 97.9 cm³/mol. The number of hydrogen-bond acceptors (Lipinski definition) is 3. The molecule has 2 aromatic rings. The Hall–Kier alpha value is -2.07. The highest BCUT2D eigenvalue weighted by atomic mass is 35.5. The second-order valence-corrected chi connectivity index (χ2v) is 6.55. The summed E-state index contributed by atoms with van der Waals surface area (Å²) in [5, 5.41) is 3.98. The second-order valence-electron chi connectivity index (χ2n) is 6.12. The van der Waals surface area contributed by atoms with Crippen molar-refractivity contribution in [3.8, 4) is 0 Å². The molecule has 1 fully saturated rings. The summed E-state index contributed by atoms with van der Waals surface area (Å²) in [6.45, 7) is 2.97. The Morgan fingerprint density at radius 1 is 1.25 bits per heavy atom. The summed E-state index contributed by atoms with van der Waals surface area (Å²) in [5.74, 6) is 0.0290. The lowest BCUT2D eigenvalue weighted by Gasteiger charge is -2.35. The summed E-state index contributed by atoms with van der Waals surface area (Å²) in [6.07, 6.45) is 6.04. The molecular formula is C19H22ClN3O. The van der Waals surface area contributed by atoms with Gasteiger partial charge in [-0.05, 0) is 62.1 Å². The molecule has 0 bridgehead atoms. The van der Waals surface area contributed by atoms with Crippen LogP contribution in [0.2, 0.25) is 5.02 Å². The number of carbonyl (C=O) groups is 1. The molecule has 3 rings (SSSR count). The number of hydrogen-bond donors (Lipinski definition) is 1. The van der Waals surface area contributed by atoms with Crippen LogP contribution >= 0.6 is 11.6 Å². The van der Waals surface area contributed by atoms with Crippen LogP contribution in [0.3, 0.4) is 0 Å². The lowest BCUT2D eigenvalue weighted by Crippen LogP contribution is -2.43. The highest BCUT2D eigenvalue weighted by molar-refractivity contribution is 6.30. The molecule has 0 radical (unpaired) electrons. The molecule has 1 aromatic carbocycles. The van der Waals surface area contributed by atoms with Crippen molar-refractivity contribution in [2.24, 2.45) is 0 Å². The summed E-state index contributed by atoms with van der Waals surface area (Å²) in [6, 6.07) is 11.5. The van der Waals surface area contributed by atoms with Gasteiger partial charge in [-0.25, -0.2) is 0 Å². The minimum Gasteiger partial charge on any atom is -0.355 e. The lowest BCUT2D eigenvalue weighted by molar-refractivity contribution is 0.0602. The smallest absolute Gasteiger partial charge is 0.272 e.